The Morgan fingerprint density at radius 2 is 2.12 bits per heavy atom. The van der Waals surface area contributed by atoms with E-state index in [4.69, 9.17) is 0 Å². The van der Waals surface area contributed by atoms with Gasteiger partial charge in [-0.05, 0) is 19.1 Å². The predicted molar refractivity (Wildman–Crippen MR) is 100.0 cm³/mol. The number of anilines is 1. The smallest absolute Gasteiger partial charge is 0.258 e. The zero-order valence-corrected chi connectivity index (χ0v) is 14.8. The standard InChI is InChI=1S/C17H17N3O2S2/c1-2-19(14-6-4-3-5-7-14)16(22)12-23-11-13-10-15(21)20-8-9-24-17(20)18-13/h3-10H,2,11-12H2,1H3. The molecule has 0 spiro atoms. The molecule has 3 aromatic rings. The minimum absolute atomic E-state index is 0.0580. The molecule has 2 heterocycles. The van der Waals surface area contributed by atoms with E-state index in [0.717, 1.165) is 5.69 Å². The molecular weight excluding hydrogens is 342 g/mol. The zero-order chi connectivity index (χ0) is 16.9. The first-order valence-corrected chi connectivity index (χ1v) is 9.61. The first-order chi connectivity index (χ1) is 11.7. The topological polar surface area (TPSA) is 54.7 Å². The molecule has 0 unspecified atom stereocenters. The van der Waals surface area contributed by atoms with Gasteiger partial charge in [-0.3, -0.25) is 14.0 Å². The summed E-state index contributed by atoms with van der Waals surface area (Å²) in [6.45, 7) is 2.59. The maximum atomic E-state index is 12.4. The SMILES string of the molecule is CCN(C(=O)CSCc1cc(=O)n2ccsc2n1)c1ccccc1. The Morgan fingerprint density at radius 1 is 1.33 bits per heavy atom. The third kappa shape index (κ3) is 3.68. The molecule has 1 amide bonds. The van der Waals surface area contributed by atoms with Crippen molar-refractivity contribution in [2.75, 3.05) is 17.2 Å². The number of para-hydroxylation sites is 1. The van der Waals surface area contributed by atoms with Gasteiger partial charge in [-0.15, -0.1) is 23.1 Å². The van der Waals surface area contributed by atoms with Gasteiger partial charge in [-0.1, -0.05) is 18.2 Å². The molecule has 124 valence electrons. The molecule has 5 nitrogen and oxygen atoms in total. The molecule has 24 heavy (non-hydrogen) atoms. The number of aromatic nitrogens is 2. The van der Waals surface area contributed by atoms with Crippen LogP contribution in [-0.2, 0) is 10.5 Å². The lowest BCUT2D eigenvalue weighted by atomic mass is 10.3. The van der Waals surface area contributed by atoms with Crippen LogP contribution in [0.25, 0.3) is 4.96 Å². The number of fused-ring (bicyclic) bond motifs is 1. The monoisotopic (exact) mass is 359 g/mol. The lowest BCUT2D eigenvalue weighted by Crippen LogP contribution is -2.32. The third-order valence-corrected chi connectivity index (χ3v) is 5.22. The van der Waals surface area contributed by atoms with Crippen LogP contribution >= 0.6 is 23.1 Å². The van der Waals surface area contributed by atoms with Crippen molar-refractivity contribution in [3.63, 3.8) is 0 Å². The molecule has 0 fully saturated rings. The second kappa shape index (κ2) is 7.63. The van der Waals surface area contributed by atoms with Crippen LogP contribution in [0.3, 0.4) is 0 Å². The first kappa shape index (κ1) is 16.7. The highest BCUT2D eigenvalue weighted by atomic mass is 32.2. The predicted octanol–water partition coefficient (Wildman–Crippen LogP) is 3.04. The van der Waals surface area contributed by atoms with Gasteiger partial charge in [0.2, 0.25) is 5.91 Å². The molecule has 0 N–H and O–H groups in total. The van der Waals surface area contributed by atoms with Crippen molar-refractivity contribution in [1.82, 2.24) is 9.38 Å². The number of benzene rings is 1. The minimum atomic E-state index is -0.0809. The van der Waals surface area contributed by atoms with Gasteiger partial charge in [0.15, 0.2) is 4.96 Å². The van der Waals surface area contributed by atoms with E-state index in [2.05, 4.69) is 4.98 Å². The van der Waals surface area contributed by atoms with Gasteiger partial charge >= 0.3 is 0 Å². The molecule has 0 bridgehead atoms. The van der Waals surface area contributed by atoms with Crippen molar-refractivity contribution in [2.24, 2.45) is 0 Å². The van der Waals surface area contributed by atoms with Crippen molar-refractivity contribution in [1.29, 1.82) is 0 Å². The summed E-state index contributed by atoms with van der Waals surface area (Å²) in [6, 6.07) is 11.2. The number of hydrogen-bond donors (Lipinski definition) is 0. The Kier molecular flexibility index (Phi) is 5.32. The van der Waals surface area contributed by atoms with Gasteiger partial charge in [0.25, 0.3) is 5.56 Å². The van der Waals surface area contributed by atoms with Crippen molar-refractivity contribution in [3.8, 4) is 0 Å². The van der Waals surface area contributed by atoms with Crippen molar-refractivity contribution in [3.05, 3.63) is 64.0 Å². The van der Waals surface area contributed by atoms with Gasteiger partial charge in [0.05, 0.1) is 11.4 Å². The van der Waals surface area contributed by atoms with E-state index in [0.29, 0.717) is 28.7 Å². The van der Waals surface area contributed by atoms with Crippen LogP contribution < -0.4 is 10.5 Å². The van der Waals surface area contributed by atoms with Gasteiger partial charge in [0, 0.05) is 35.6 Å². The lowest BCUT2D eigenvalue weighted by Gasteiger charge is -2.20. The van der Waals surface area contributed by atoms with Crippen LogP contribution in [-0.4, -0.2) is 27.6 Å². The van der Waals surface area contributed by atoms with E-state index in [1.54, 1.807) is 11.1 Å². The largest absolute Gasteiger partial charge is 0.312 e. The van der Waals surface area contributed by atoms with E-state index in [-0.39, 0.29) is 11.5 Å². The molecule has 3 rings (SSSR count). The van der Waals surface area contributed by atoms with Crippen LogP contribution in [0.15, 0.2) is 52.8 Å². The van der Waals surface area contributed by atoms with Gasteiger partial charge < -0.3 is 4.90 Å². The van der Waals surface area contributed by atoms with Crippen LogP contribution in [0.5, 0.6) is 0 Å². The summed E-state index contributed by atoms with van der Waals surface area (Å²) in [4.78, 5) is 31.3. The number of carbonyl (C=O) groups excluding carboxylic acids is 1. The average molecular weight is 359 g/mol. The van der Waals surface area contributed by atoms with E-state index in [1.807, 2.05) is 42.6 Å². The number of rotatable bonds is 6. The molecule has 2 aromatic heterocycles. The van der Waals surface area contributed by atoms with Crippen LogP contribution in [0.1, 0.15) is 12.6 Å². The van der Waals surface area contributed by atoms with Crippen molar-refractivity contribution in [2.45, 2.75) is 12.7 Å². The molecule has 0 radical (unpaired) electrons. The number of nitrogens with zero attached hydrogens (tertiary/aromatic N) is 3. The van der Waals surface area contributed by atoms with E-state index < -0.39 is 0 Å². The average Bonchev–Trinajstić information content (AvgIpc) is 3.06. The highest BCUT2D eigenvalue weighted by Gasteiger charge is 2.13. The number of hydrogen-bond acceptors (Lipinski definition) is 5. The normalized spacial score (nSPS) is 10.9. The van der Waals surface area contributed by atoms with Crippen LogP contribution in [0.4, 0.5) is 5.69 Å². The minimum Gasteiger partial charge on any atom is -0.312 e. The molecule has 0 atom stereocenters. The zero-order valence-electron chi connectivity index (χ0n) is 13.2. The van der Waals surface area contributed by atoms with Crippen LogP contribution in [0, 0.1) is 0 Å². The summed E-state index contributed by atoms with van der Waals surface area (Å²) < 4.78 is 1.53. The molecule has 0 aliphatic heterocycles. The summed E-state index contributed by atoms with van der Waals surface area (Å²) in [5.74, 6) is 0.957. The van der Waals surface area contributed by atoms with E-state index in [9.17, 15) is 9.59 Å². The molecule has 1 aromatic carbocycles. The summed E-state index contributed by atoms with van der Waals surface area (Å²) in [6.07, 6.45) is 1.72. The van der Waals surface area contributed by atoms with Gasteiger partial charge in [0.1, 0.15) is 0 Å². The summed E-state index contributed by atoms with van der Waals surface area (Å²) in [5.41, 5.74) is 1.53. The molecular formula is C17H17N3O2S2. The number of thiazole rings is 1. The van der Waals surface area contributed by atoms with E-state index in [1.165, 1.54) is 33.6 Å². The van der Waals surface area contributed by atoms with Crippen molar-refractivity contribution >= 4 is 39.7 Å². The fourth-order valence-electron chi connectivity index (χ4n) is 2.39. The van der Waals surface area contributed by atoms with Crippen molar-refractivity contribution < 1.29 is 4.79 Å². The Labute approximate surface area is 148 Å². The Bertz CT molecular complexity index is 889. The molecule has 0 saturated carbocycles. The fourth-order valence-corrected chi connectivity index (χ4v) is 3.92. The highest BCUT2D eigenvalue weighted by Crippen LogP contribution is 2.17. The van der Waals surface area contributed by atoms with E-state index >= 15 is 0 Å². The van der Waals surface area contributed by atoms with Gasteiger partial charge in [-0.25, -0.2) is 4.98 Å². The fraction of sp³-hybridized carbons (Fsp3) is 0.235. The number of thioether (sulfide) groups is 1. The van der Waals surface area contributed by atoms with Crippen LogP contribution in [0.2, 0.25) is 0 Å². The summed E-state index contributed by atoms with van der Waals surface area (Å²) in [7, 11) is 0. The molecule has 0 aliphatic carbocycles. The Hall–Kier alpha value is -2.12. The van der Waals surface area contributed by atoms with Gasteiger partial charge in [-0.2, -0.15) is 0 Å². The second-order valence-electron chi connectivity index (χ2n) is 5.11. The highest BCUT2D eigenvalue weighted by molar-refractivity contribution is 7.99. The third-order valence-electron chi connectivity index (χ3n) is 3.52. The molecule has 7 heteroatoms. The number of carbonyl (C=O) groups is 1. The maximum absolute atomic E-state index is 12.4. The quantitative estimate of drug-likeness (QED) is 0.679. The lowest BCUT2D eigenvalue weighted by molar-refractivity contribution is -0.116. The maximum Gasteiger partial charge on any atom is 0.258 e. The molecule has 0 aliphatic rings. The number of amides is 1. The summed E-state index contributed by atoms with van der Waals surface area (Å²) >= 11 is 2.90. The Morgan fingerprint density at radius 3 is 2.88 bits per heavy atom. The Balaban J connectivity index is 1.62. The molecule has 0 saturated heterocycles. The second-order valence-corrected chi connectivity index (χ2v) is 6.97. The summed E-state index contributed by atoms with van der Waals surface area (Å²) in [5, 5.41) is 1.84. The first-order valence-electron chi connectivity index (χ1n) is 7.58.